The van der Waals surface area contributed by atoms with Crippen molar-refractivity contribution in [3.63, 3.8) is 0 Å². The number of rotatable bonds is 57. The summed E-state index contributed by atoms with van der Waals surface area (Å²) >= 11 is 0. The molecule has 0 aliphatic carbocycles. The van der Waals surface area contributed by atoms with Crippen LogP contribution >= 0.6 is 0 Å². The van der Waals surface area contributed by atoms with Crippen molar-refractivity contribution in [2.45, 2.75) is 348 Å². The van der Waals surface area contributed by atoms with Crippen LogP contribution in [0.3, 0.4) is 0 Å². The van der Waals surface area contributed by atoms with Crippen LogP contribution in [0.15, 0.2) is 24.3 Å². The Labute approximate surface area is 430 Å². The van der Waals surface area contributed by atoms with Gasteiger partial charge in [0.2, 0.25) is 0 Å². The molecule has 0 saturated carbocycles. The molecule has 6 heteroatoms. The smallest absolute Gasteiger partial charge is 0.306 e. The molecule has 0 aromatic carbocycles. The van der Waals surface area contributed by atoms with Crippen LogP contribution < -0.4 is 0 Å². The number of ether oxygens (including phenoxy) is 3. The van der Waals surface area contributed by atoms with E-state index in [1.165, 1.54) is 225 Å². The third-order valence-electron chi connectivity index (χ3n) is 14.0. The molecule has 0 aliphatic heterocycles. The molecule has 69 heavy (non-hydrogen) atoms. The Kier molecular flexibility index (Phi) is 56.7. The first kappa shape index (κ1) is 66.9. The van der Waals surface area contributed by atoms with Crippen LogP contribution in [0.4, 0.5) is 0 Å². The molecule has 0 heterocycles. The Morgan fingerprint density at radius 3 is 0.812 bits per heavy atom. The van der Waals surface area contributed by atoms with Crippen molar-refractivity contribution >= 4 is 17.9 Å². The second-order valence-electron chi connectivity index (χ2n) is 21.0. The van der Waals surface area contributed by atoms with Gasteiger partial charge in [-0.05, 0) is 51.4 Å². The van der Waals surface area contributed by atoms with E-state index in [1.807, 2.05) is 0 Å². The maximum Gasteiger partial charge on any atom is 0.306 e. The first-order valence-electron chi connectivity index (χ1n) is 30.8. The monoisotopic (exact) mass is 971 g/mol. The molecule has 0 fully saturated rings. The maximum absolute atomic E-state index is 12.9. The minimum Gasteiger partial charge on any atom is -0.462 e. The quantitative estimate of drug-likeness (QED) is 0.0261. The van der Waals surface area contributed by atoms with Crippen LogP contribution in [0, 0.1) is 0 Å². The van der Waals surface area contributed by atoms with Crippen molar-refractivity contribution in [1.29, 1.82) is 0 Å². The SMILES string of the molecule is CCCCCC/C=C\C/C=C\CCCCCCCC(=O)OC(COC(=O)CCCCCCCCCCCCCCCCC)COC(=O)CCCCCCCCCCCCCCCCCCCCCC. The molecule has 1 unspecified atom stereocenters. The number of carbonyl (C=O) groups is 3. The zero-order valence-corrected chi connectivity index (χ0v) is 46.6. The van der Waals surface area contributed by atoms with Crippen molar-refractivity contribution in [2.24, 2.45) is 0 Å². The molecule has 0 rings (SSSR count). The van der Waals surface area contributed by atoms with Crippen LogP contribution in [0.25, 0.3) is 0 Å². The van der Waals surface area contributed by atoms with Crippen LogP contribution in [-0.2, 0) is 28.6 Å². The number of unbranched alkanes of at least 4 members (excludes halogenated alkanes) is 42. The number of hydrogen-bond acceptors (Lipinski definition) is 6. The van der Waals surface area contributed by atoms with E-state index in [-0.39, 0.29) is 31.1 Å². The molecular formula is C63H118O6. The molecule has 0 N–H and O–H groups in total. The summed E-state index contributed by atoms with van der Waals surface area (Å²) < 4.78 is 16.9. The normalized spacial score (nSPS) is 12.1. The first-order chi connectivity index (χ1) is 34.0. The summed E-state index contributed by atoms with van der Waals surface area (Å²) in [6.45, 7) is 6.68. The highest BCUT2D eigenvalue weighted by Gasteiger charge is 2.19. The van der Waals surface area contributed by atoms with E-state index < -0.39 is 6.10 Å². The Hall–Kier alpha value is -2.11. The van der Waals surface area contributed by atoms with Gasteiger partial charge in [0.15, 0.2) is 6.10 Å². The predicted molar refractivity (Wildman–Crippen MR) is 298 cm³/mol. The van der Waals surface area contributed by atoms with E-state index in [1.54, 1.807) is 0 Å². The Morgan fingerprint density at radius 2 is 0.522 bits per heavy atom. The standard InChI is InChI=1S/C63H118O6/c1-4-7-10-13-16-19-22-25-28-30-31-32-33-36-38-41-44-47-50-53-56-62(65)68-59-60(58-67-61(64)55-52-49-46-43-40-37-34-27-24-21-18-15-12-9-6-3)69-63(66)57-54-51-48-45-42-39-35-29-26-23-20-17-14-11-8-5-2/h20,23,29,35,60H,4-19,21-22,24-28,30-34,36-59H2,1-3H3/b23-20-,35-29-. The fraction of sp³-hybridized carbons (Fsp3) is 0.889. The fourth-order valence-electron chi connectivity index (χ4n) is 9.30. The summed E-state index contributed by atoms with van der Waals surface area (Å²) in [4.78, 5) is 38.2. The average molecular weight is 972 g/mol. The molecule has 0 aromatic heterocycles. The highest BCUT2D eigenvalue weighted by atomic mass is 16.6. The van der Waals surface area contributed by atoms with Crippen LogP contribution in [0.1, 0.15) is 342 Å². The van der Waals surface area contributed by atoms with Crippen molar-refractivity contribution < 1.29 is 28.6 Å². The molecule has 0 saturated heterocycles. The van der Waals surface area contributed by atoms with E-state index in [9.17, 15) is 14.4 Å². The number of carbonyl (C=O) groups excluding carboxylic acids is 3. The van der Waals surface area contributed by atoms with Gasteiger partial charge < -0.3 is 14.2 Å². The maximum atomic E-state index is 12.9. The summed E-state index contributed by atoms with van der Waals surface area (Å²) in [5.41, 5.74) is 0. The molecule has 0 aromatic rings. The third kappa shape index (κ3) is 56.7. The van der Waals surface area contributed by atoms with Crippen LogP contribution in [-0.4, -0.2) is 37.2 Å². The number of allylic oxidation sites excluding steroid dienone is 4. The highest BCUT2D eigenvalue weighted by Crippen LogP contribution is 2.18. The van der Waals surface area contributed by atoms with Gasteiger partial charge in [-0.2, -0.15) is 0 Å². The van der Waals surface area contributed by atoms with Gasteiger partial charge >= 0.3 is 17.9 Å². The molecule has 6 nitrogen and oxygen atoms in total. The summed E-state index contributed by atoms with van der Waals surface area (Å²) in [6.07, 6.45) is 68.9. The minimum atomic E-state index is -0.774. The molecule has 1 atom stereocenters. The summed E-state index contributed by atoms with van der Waals surface area (Å²) in [7, 11) is 0. The van der Waals surface area contributed by atoms with E-state index in [0.29, 0.717) is 19.3 Å². The van der Waals surface area contributed by atoms with E-state index in [4.69, 9.17) is 14.2 Å². The highest BCUT2D eigenvalue weighted by molar-refractivity contribution is 5.71. The molecule has 0 aliphatic rings. The van der Waals surface area contributed by atoms with Crippen LogP contribution in [0.5, 0.6) is 0 Å². The van der Waals surface area contributed by atoms with Crippen LogP contribution in [0.2, 0.25) is 0 Å². The lowest BCUT2D eigenvalue weighted by Gasteiger charge is -2.18. The topological polar surface area (TPSA) is 78.9 Å². The Morgan fingerprint density at radius 1 is 0.290 bits per heavy atom. The summed E-state index contributed by atoms with van der Waals surface area (Å²) in [5, 5.41) is 0. The van der Waals surface area contributed by atoms with Gasteiger partial charge in [0, 0.05) is 19.3 Å². The van der Waals surface area contributed by atoms with Gasteiger partial charge in [-0.15, -0.1) is 0 Å². The number of esters is 3. The van der Waals surface area contributed by atoms with Crippen molar-refractivity contribution in [3.8, 4) is 0 Å². The molecule has 406 valence electrons. The zero-order valence-electron chi connectivity index (χ0n) is 46.6. The zero-order chi connectivity index (χ0) is 50.0. The van der Waals surface area contributed by atoms with Gasteiger partial charge in [-0.1, -0.05) is 295 Å². The average Bonchev–Trinajstić information content (AvgIpc) is 3.35. The largest absolute Gasteiger partial charge is 0.462 e. The summed E-state index contributed by atoms with van der Waals surface area (Å²) in [6, 6.07) is 0. The van der Waals surface area contributed by atoms with Gasteiger partial charge in [-0.3, -0.25) is 14.4 Å². The fourth-order valence-corrected chi connectivity index (χ4v) is 9.30. The van der Waals surface area contributed by atoms with Gasteiger partial charge in [0.25, 0.3) is 0 Å². The van der Waals surface area contributed by atoms with Crippen molar-refractivity contribution in [1.82, 2.24) is 0 Å². The van der Waals surface area contributed by atoms with E-state index in [0.717, 1.165) is 77.0 Å². The second kappa shape index (κ2) is 58.5. The van der Waals surface area contributed by atoms with Gasteiger partial charge in [0.1, 0.15) is 13.2 Å². The lowest BCUT2D eigenvalue weighted by molar-refractivity contribution is -0.167. The van der Waals surface area contributed by atoms with E-state index in [2.05, 4.69) is 45.1 Å². The van der Waals surface area contributed by atoms with E-state index >= 15 is 0 Å². The Bertz CT molecular complexity index is 1110. The second-order valence-corrected chi connectivity index (χ2v) is 21.0. The minimum absolute atomic E-state index is 0.0712. The molecule has 0 radical (unpaired) electrons. The van der Waals surface area contributed by atoms with Crippen molar-refractivity contribution in [2.75, 3.05) is 13.2 Å². The lowest BCUT2D eigenvalue weighted by Crippen LogP contribution is -2.30. The number of hydrogen-bond donors (Lipinski definition) is 0. The third-order valence-corrected chi connectivity index (χ3v) is 14.0. The molecular weight excluding hydrogens is 853 g/mol. The van der Waals surface area contributed by atoms with Gasteiger partial charge in [0.05, 0.1) is 0 Å². The molecule has 0 amide bonds. The molecule has 0 spiro atoms. The first-order valence-corrected chi connectivity index (χ1v) is 30.8. The Balaban J connectivity index is 4.31. The summed E-state index contributed by atoms with van der Waals surface area (Å²) in [5.74, 6) is -0.859. The van der Waals surface area contributed by atoms with Crippen molar-refractivity contribution in [3.05, 3.63) is 24.3 Å². The lowest BCUT2D eigenvalue weighted by atomic mass is 10.0. The predicted octanol–water partition coefficient (Wildman–Crippen LogP) is 20.7. The molecule has 0 bridgehead atoms. The van der Waals surface area contributed by atoms with Gasteiger partial charge in [-0.25, -0.2) is 0 Å².